The van der Waals surface area contributed by atoms with Crippen LogP contribution in [0.3, 0.4) is 0 Å². The first-order valence-electron chi connectivity index (χ1n) is 7.36. The van der Waals surface area contributed by atoms with Crippen molar-refractivity contribution in [1.29, 1.82) is 0 Å². The van der Waals surface area contributed by atoms with E-state index in [-0.39, 0.29) is 0 Å². The Bertz CT molecular complexity index is 523. The fourth-order valence-electron chi connectivity index (χ4n) is 2.73. The molecule has 1 aliphatic rings. The molecular formula is C17H22N2S. The van der Waals surface area contributed by atoms with Crippen molar-refractivity contribution in [3.63, 3.8) is 0 Å². The van der Waals surface area contributed by atoms with E-state index in [4.69, 9.17) is 0 Å². The van der Waals surface area contributed by atoms with Crippen molar-refractivity contribution in [2.45, 2.75) is 19.8 Å². The minimum atomic E-state index is 0.611. The van der Waals surface area contributed by atoms with Crippen molar-refractivity contribution in [2.75, 3.05) is 36.0 Å². The highest BCUT2D eigenvalue weighted by Gasteiger charge is 2.17. The van der Waals surface area contributed by atoms with Crippen LogP contribution in [0.15, 0.2) is 41.1 Å². The van der Waals surface area contributed by atoms with E-state index in [1.165, 1.54) is 16.9 Å². The highest BCUT2D eigenvalue weighted by molar-refractivity contribution is 7.08. The summed E-state index contributed by atoms with van der Waals surface area (Å²) in [7, 11) is 0. The normalized spacial score (nSPS) is 15.9. The Morgan fingerprint density at radius 2 is 1.45 bits per heavy atom. The van der Waals surface area contributed by atoms with Gasteiger partial charge in [0.1, 0.15) is 0 Å². The Kier molecular flexibility index (Phi) is 3.97. The lowest BCUT2D eigenvalue weighted by molar-refractivity contribution is 0.654. The zero-order valence-corrected chi connectivity index (χ0v) is 13.1. The van der Waals surface area contributed by atoms with E-state index in [1.54, 1.807) is 11.3 Å². The number of anilines is 2. The first kappa shape index (κ1) is 13.5. The molecule has 3 heteroatoms. The average Bonchev–Trinajstić information content (AvgIpc) is 3.02. The van der Waals surface area contributed by atoms with Crippen LogP contribution in [0.5, 0.6) is 0 Å². The number of hydrogen-bond acceptors (Lipinski definition) is 3. The predicted octanol–water partition coefficient (Wildman–Crippen LogP) is 4.20. The van der Waals surface area contributed by atoms with Crippen LogP contribution in [-0.2, 0) is 0 Å². The molecule has 0 N–H and O–H groups in total. The second-order valence-electron chi connectivity index (χ2n) is 5.70. The zero-order chi connectivity index (χ0) is 13.9. The van der Waals surface area contributed by atoms with Crippen LogP contribution in [-0.4, -0.2) is 26.2 Å². The monoisotopic (exact) mass is 286 g/mol. The van der Waals surface area contributed by atoms with E-state index in [2.05, 4.69) is 64.7 Å². The Balaban J connectivity index is 1.63. The third-order valence-electron chi connectivity index (χ3n) is 4.08. The largest absolute Gasteiger partial charge is 0.368 e. The summed E-state index contributed by atoms with van der Waals surface area (Å²) in [6.45, 7) is 8.93. The number of piperazine rings is 1. The van der Waals surface area contributed by atoms with Crippen LogP contribution in [0.25, 0.3) is 0 Å². The van der Waals surface area contributed by atoms with Gasteiger partial charge < -0.3 is 9.80 Å². The summed E-state index contributed by atoms with van der Waals surface area (Å²) < 4.78 is 0. The van der Waals surface area contributed by atoms with E-state index in [9.17, 15) is 0 Å². The molecule has 1 aliphatic heterocycles. The molecule has 1 saturated heterocycles. The van der Waals surface area contributed by atoms with Crippen molar-refractivity contribution in [2.24, 2.45) is 0 Å². The van der Waals surface area contributed by atoms with E-state index in [0.717, 1.165) is 26.2 Å². The summed E-state index contributed by atoms with van der Waals surface area (Å²) in [5, 5.41) is 4.40. The Labute approximate surface area is 125 Å². The van der Waals surface area contributed by atoms with Crippen LogP contribution >= 0.6 is 11.3 Å². The molecule has 0 saturated carbocycles. The van der Waals surface area contributed by atoms with Gasteiger partial charge in [-0.05, 0) is 35.1 Å². The molecule has 3 rings (SSSR count). The number of rotatable bonds is 3. The average molecular weight is 286 g/mol. The van der Waals surface area contributed by atoms with Gasteiger partial charge in [0, 0.05) is 42.9 Å². The number of hydrogen-bond donors (Lipinski definition) is 0. The quantitative estimate of drug-likeness (QED) is 0.834. The summed E-state index contributed by atoms with van der Waals surface area (Å²) in [5.41, 5.74) is 4.16. The summed E-state index contributed by atoms with van der Waals surface area (Å²) in [5.74, 6) is 0.611. The van der Waals surface area contributed by atoms with E-state index in [0.29, 0.717) is 5.92 Å². The SMILES string of the molecule is CC(C)c1ccc(N2CCN(c3ccsc3)CC2)cc1. The second-order valence-corrected chi connectivity index (χ2v) is 6.48. The molecule has 0 atom stereocenters. The Hall–Kier alpha value is -1.48. The molecule has 0 aliphatic carbocycles. The summed E-state index contributed by atoms with van der Waals surface area (Å²) in [6.07, 6.45) is 0. The lowest BCUT2D eigenvalue weighted by Crippen LogP contribution is -2.46. The van der Waals surface area contributed by atoms with Crippen molar-refractivity contribution in [1.82, 2.24) is 0 Å². The molecule has 1 fully saturated rings. The van der Waals surface area contributed by atoms with Gasteiger partial charge in [-0.15, -0.1) is 0 Å². The molecule has 106 valence electrons. The molecule has 1 aromatic carbocycles. The van der Waals surface area contributed by atoms with Crippen LogP contribution in [0, 0.1) is 0 Å². The molecule has 1 aromatic heterocycles. The topological polar surface area (TPSA) is 6.48 Å². The van der Waals surface area contributed by atoms with Crippen LogP contribution in [0.4, 0.5) is 11.4 Å². The van der Waals surface area contributed by atoms with Gasteiger partial charge in [0.05, 0.1) is 0 Å². The van der Waals surface area contributed by atoms with Crippen molar-refractivity contribution in [3.05, 3.63) is 46.7 Å². The van der Waals surface area contributed by atoms with Gasteiger partial charge in [-0.2, -0.15) is 11.3 Å². The van der Waals surface area contributed by atoms with Gasteiger partial charge in [-0.3, -0.25) is 0 Å². The van der Waals surface area contributed by atoms with Gasteiger partial charge in [0.25, 0.3) is 0 Å². The van der Waals surface area contributed by atoms with Gasteiger partial charge in [-0.25, -0.2) is 0 Å². The standard InChI is InChI=1S/C17H22N2S/c1-14(2)15-3-5-16(6-4-15)18-8-10-19(11-9-18)17-7-12-20-13-17/h3-7,12-14H,8-11H2,1-2H3. The first-order chi connectivity index (χ1) is 9.74. The highest BCUT2D eigenvalue weighted by Crippen LogP contribution is 2.24. The molecular weight excluding hydrogens is 264 g/mol. The second kappa shape index (κ2) is 5.88. The van der Waals surface area contributed by atoms with Gasteiger partial charge in [0.15, 0.2) is 0 Å². The van der Waals surface area contributed by atoms with Crippen LogP contribution < -0.4 is 9.80 Å². The maximum absolute atomic E-state index is 2.49. The molecule has 2 aromatic rings. The van der Waals surface area contributed by atoms with Crippen LogP contribution in [0.2, 0.25) is 0 Å². The minimum absolute atomic E-state index is 0.611. The fourth-order valence-corrected chi connectivity index (χ4v) is 3.39. The predicted molar refractivity (Wildman–Crippen MR) is 89.3 cm³/mol. The number of nitrogens with zero attached hydrogens (tertiary/aromatic N) is 2. The Morgan fingerprint density at radius 3 is 1.95 bits per heavy atom. The number of benzene rings is 1. The molecule has 0 radical (unpaired) electrons. The molecule has 2 nitrogen and oxygen atoms in total. The molecule has 0 bridgehead atoms. The first-order valence-corrected chi connectivity index (χ1v) is 8.30. The van der Waals surface area contributed by atoms with Gasteiger partial charge in [-0.1, -0.05) is 26.0 Å². The zero-order valence-electron chi connectivity index (χ0n) is 12.2. The minimum Gasteiger partial charge on any atom is -0.368 e. The summed E-state index contributed by atoms with van der Waals surface area (Å²) >= 11 is 1.78. The molecule has 2 heterocycles. The maximum atomic E-state index is 2.49. The molecule has 0 unspecified atom stereocenters. The van der Waals surface area contributed by atoms with E-state index in [1.807, 2.05) is 0 Å². The molecule has 0 amide bonds. The van der Waals surface area contributed by atoms with Crippen molar-refractivity contribution < 1.29 is 0 Å². The van der Waals surface area contributed by atoms with Gasteiger partial charge in [0.2, 0.25) is 0 Å². The van der Waals surface area contributed by atoms with Crippen molar-refractivity contribution in [3.8, 4) is 0 Å². The van der Waals surface area contributed by atoms with Gasteiger partial charge >= 0.3 is 0 Å². The van der Waals surface area contributed by atoms with Crippen molar-refractivity contribution >= 4 is 22.7 Å². The Morgan fingerprint density at radius 1 is 0.850 bits per heavy atom. The highest BCUT2D eigenvalue weighted by atomic mass is 32.1. The van der Waals surface area contributed by atoms with E-state index >= 15 is 0 Å². The summed E-state index contributed by atoms with van der Waals surface area (Å²) in [6, 6.07) is 11.3. The fraction of sp³-hybridized carbons (Fsp3) is 0.412. The summed E-state index contributed by atoms with van der Waals surface area (Å²) in [4.78, 5) is 4.97. The van der Waals surface area contributed by atoms with E-state index < -0.39 is 0 Å². The lowest BCUT2D eigenvalue weighted by atomic mass is 10.0. The smallest absolute Gasteiger partial charge is 0.0476 e. The maximum Gasteiger partial charge on any atom is 0.0476 e. The molecule has 20 heavy (non-hydrogen) atoms. The third kappa shape index (κ3) is 2.83. The number of thiophene rings is 1. The lowest BCUT2D eigenvalue weighted by Gasteiger charge is -2.37. The third-order valence-corrected chi connectivity index (χ3v) is 4.75. The van der Waals surface area contributed by atoms with Crippen LogP contribution in [0.1, 0.15) is 25.3 Å². The molecule has 0 spiro atoms.